The lowest BCUT2D eigenvalue weighted by Gasteiger charge is -2.33. The van der Waals surface area contributed by atoms with Crippen molar-refractivity contribution in [2.24, 2.45) is 5.73 Å². The maximum absolute atomic E-state index is 13.6. The van der Waals surface area contributed by atoms with Gasteiger partial charge in [-0.1, -0.05) is 12.1 Å². The Morgan fingerprint density at radius 1 is 0.894 bits per heavy atom. The fourth-order valence-electron chi connectivity index (χ4n) is 4.51. The second-order valence-corrected chi connectivity index (χ2v) is 10.5. The molecule has 2 aromatic rings. The summed E-state index contributed by atoms with van der Waals surface area (Å²) in [6.45, 7) is 0. The van der Waals surface area contributed by atoms with Crippen LogP contribution in [0.4, 0.5) is 24.9 Å². The quantitative estimate of drug-likeness (QED) is 0.0910. The van der Waals surface area contributed by atoms with Crippen LogP contribution in [0.2, 0.25) is 0 Å². The molecule has 0 saturated heterocycles. The van der Waals surface area contributed by atoms with Crippen LogP contribution in [0.25, 0.3) is 0 Å². The molecular formula is C27H34F3N7O10. The predicted molar refractivity (Wildman–Crippen MR) is 155 cm³/mol. The monoisotopic (exact) mass is 673 g/mol. The summed E-state index contributed by atoms with van der Waals surface area (Å²) in [5.41, 5.74) is 14.7. The molecule has 0 aliphatic carbocycles. The third-order valence-corrected chi connectivity index (χ3v) is 7.04. The van der Waals surface area contributed by atoms with E-state index in [0.29, 0.717) is 0 Å². The van der Waals surface area contributed by atoms with E-state index in [4.69, 9.17) is 17.2 Å². The minimum Gasteiger partial charge on any atom is -0.480 e. The van der Waals surface area contributed by atoms with Crippen LogP contribution in [-0.4, -0.2) is 84.1 Å². The fourth-order valence-corrected chi connectivity index (χ4v) is 4.51. The van der Waals surface area contributed by atoms with Gasteiger partial charge in [-0.3, -0.25) is 24.2 Å². The summed E-state index contributed by atoms with van der Waals surface area (Å²) in [5, 5.41) is 43.1. The third kappa shape index (κ3) is 10.7. The van der Waals surface area contributed by atoms with Gasteiger partial charge in [-0.2, -0.15) is 18.2 Å². The number of amides is 3. The van der Waals surface area contributed by atoms with Gasteiger partial charge in [0.1, 0.15) is 17.9 Å². The van der Waals surface area contributed by atoms with Crippen molar-refractivity contribution in [3.8, 4) is 0 Å². The Morgan fingerprint density at radius 2 is 1.45 bits per heavy atom. The van der Waals surface area contributed by atoms with Crippen molar-refractivity contribution in [3.05, 3.63) is 51.3 Å². The SMILES string of the molecule is NC(=O)CC[C@H](NC(=O)CC[C@H](NC(=O)c1ccc(C(CCCc2c(N)nc(N)[nH]c2=O)C(O)(O)C(F)(F)F)cc1)C(=O)O)C(=O)O. The Balaban J connectivity index is 2.15. The van der Waals surface area contributed by atoms with E-state index in [0.717, 1.165) is 24.3 Å². The van der Waals surface area contributed by atoms with Crippen molar-refractivity contribution in [1.82, 2.24) is 20.6 Å². The van der Waals surface area contributed by atoms with Crippen LogP contribution in [0.3, 0.4) is 0 Å². The minimum atomic E-state index is -5.51. The number of H-pyrrole nitrogens is 1. The summed E-state index contributed by atoms with van der Waals surface area (Å²) < 4.78 is 40.9. The van der Waals surface area contributed by atoms with Gasteiger partial charge in [0.25, 0.3) is 17.3 Å². The number of anilines is 2. The first kappa shape index (κ1) is 37.9. The third-order valence-electron chi connectivity index (χ3n) is 7.04. The van der Waals surface area contributed by atoms with E-state index in [-0.39, 0.29) is 54.1 Å². The maximum atomic E-state index is 13.6. The molecule has 0 bridgehead atoms. The standard InChI is InChI=1S/C27H34F3N7O10/c28-27(29,30)26(46,47)15(3-1-2-14-20(32)36-25(33)37-22(14)41)12-4-6-13(7-5-12)21(40)35-17(24(44)45)9-11-19(39)34-16(23(42)43)8-10-18(31)38/h4-7,15-17,46-47H,1-3,8-11H2,(H2,31,38)(H,34,39)(H,35,40)(H,42,43)(H,44,45)(H5,32,33,36,37,41)/t15?,16-,17-/m0/s1. The lowest BCUT2D eigenvalue weighted by molar-refractivity contribution is -0.358. The van der Waals surface area contributed by atoms with Gasteiger partial charge in [0.2, 0.25) is 17.8 Å². The number of nitrogens with zero attached hydrogens (tertiary/aromatic N) is 1. The number of carbonyl (C=O) groups is 5. The summed E-state index contributed by atoms with van der Waals surface area (Å²) >= 11 is 0. The molecule has 1 aromatic carbocycles. The number of alkyl halides is 3. The number of aromatic nitrogens is 2. The highest BCUT2D eigenvalue weighted by molar-refractivity contribution is 5.96. The highest BCUT2D eigenvalue weighted by Gasteiger charge is 2.58. The summed E-state index contributed by atoms with van der Waals surface area (Å²) in [4.78, 5) is 76.8. The lowest BCUT2D eigenvalue weighted by Crippen LogP contribution is -2.50. The van der Waals surface area contributed by atoms with Crippen molar-refractivity contribution in [3.63, 3.8) is 0 Å². The van der Waals surface area contributed by atoms with Gasteiger partial charge in [0.15, 0.2) is 0 Å². The first-order valence-corrected chi connectivity index (χ1v) is 13.8. The molecule has 3 atom stereocenters. The topological polar surface area (TPSA) is 314 Å². The number of rotatable bonds is 17. The van der Waals surface area contributed by atoms with Crippen molar-refractivity contribution in [2.45, 2.75) is 74.9 Å². The van der Waals surface area contributed by atoms with Gasteiger partial charge in [0, 0.05) is 24.3 Å². The molecule has 0 aliphatic heterocycles. The first-order valence-electron chi connectivity index (χ1n) is 13.8. The molecule has 258 valence electrons. The smallest absolute Gasteiger partial charge is 0.443 e. The molecule has 2 rings (SSSR count). The van der Waals surface area contributed by atoms with Gasteiger partial charge in [-0.15, -0.1) is 0 Å². The molecule has 13 N–H and O–H groups in total. The minimum absolute atomic E-state index is 0.0753. The van der Waals surface area contributed by atoms with Gasteiger partial charge in [-0.05, 0) is 49.8 Å². The molecule has 0 saturated carbocycles. The van der Waals surface area contributed by atoms with Gasteiger partial charge in [-0.25, -0.2) is 9.59 Å². The number of nitrogen functional groups attached to an aromatic ring is 2. The molecule has 1 aromatic heterocycles. The molecule has 47 heavy (non-hydrogen) atoms. The molecule has 20 heteroatoms. The zero-order chi connectivity index (χ0) is 35.7. The average molecular weight is 674 g/mol. The fraction of sp³-hybridized carbons (Fsp3) is 0.444. The number of aromatic amines is 1. The van der Waals surface area contributed by atoms with Gasteiger partial charge in [0.05, 0.1) is 5.56 Å². The lowest BCUT2D eigenvalue weighted by atomic mass is 9.84. The zero-order valence-electron chi connectivity index (χ0n) is 24.5. The van der Waals surface area contributed by atoms with E-state index >= 15 is 0 Å². The summed E-state index contributed by atoms with van der Waals surface area (Å²) in [7, 11) is 0. The largest absolute Gasteiger partial charge is 0.480 e. The van der Waals surface area contributed by atoms with Crippen LogP contribution in [0.1, 0.15) is 65.9 Å². The van der Waals surface area contributed by atoms with Crippen LogP contribution >= 0.6 is 0 Å². The highest BCUT2D eigenvalue weighted by atomic mass is 19.4. The molecule has 1 heterocycles. The van der Waals surface area contributed by atoms with E-state index in [9.17, 15) is 62.4 Å². The number of hydrogen-bond donors (Lipinski definition) is 10. The second-order valence-electron chi connectivity index (χ2n) is 10.5. The molecule has 0 aliphatic rings. The van der Waals surface area contributed by atoms with Crippen LogP contribution in [0.15, 0.2) is 29.1 Å². The number of aliphatic carboxylic acids is 2. The number of primary amides is 1. The number of nitrogens with one attached hydrogen (secondary N) is 3. The molecule has 0 fully saturated rings. The number of carbonyl (C=O) groups excluding carboxylic acids is 3. The van der Waals surface area contributed by atoms with Gasteiger partial charge >= 0.3 is 18.1 Å². The van der Waals surface area contributed by atoms with E-state index in [2.05, 4.69) is 20.6 Å². The Bertz CT molecular complexity index is 1530. The number of aliphatic hydroxyl groups is 2. The number of hydrogen-bond acceptors (Lipinski definition) is 11. The number of carboxylic acids is 2. The van der Waals surface area contributed by atoms with E-state index < -0.39 is 84.4 Å². The second kappa shape index (κ2) is 15.9. The molecule has 3 amide bonds. The highest BCUT2D eigenvalue weighted by Crippen LogP contribution is 2.42. The summed E-state index contributed by atoms with van der Waals surface area (Å²) in [6.07, 6.45) is -8.12. The van der Waals surface area contributed by atoms with Crippen molar-refractivity contribution < 1.29 is 57.6 Å². The van der Waals surface area contributed by atoms with Crippen molar-refractivity contribution in [1.29, 1.82) is 0 Å². The summed E-state index contributed by atoms with van der Waals surface area (Å²) in [6, 6.07) is 0.900. The van der Waals surface area contributed by atoms with Crippen molar-refractivity contribution >= 4 is 41.4 Å². The zero-order valence-corrected chi connectivity index (χ0v) is 24.5. The Kier molecular flexibility index (Phi) is 12.8. The number of benzene rings is 1. The molecule has 0 radical (unpaired) electrons. The Hall–Kier alpha value is -5.24. The Morgan fingerprint density at radius 3 is 1.96 bits per heavy atom. The van der Waals surface area contributed by atoms with Crippen LogP contribution < -0.4 is 33.4 Å². The average Bonchev–Trinajstić information content (AvgIpc) is 2.95. The van der Waals surface area contributed by atoms with Gasteiger partial charge < -0.3 is 48.3 Å². The number of halogens is 3. The first-order chi connectivity index (χ1) is 21.7. The number of nitrogens with two attached hydrogens (primary N) is 3. The van der Waals surface area contributed by atoms with Crippen molar-refractivity contribution in [2.75, 3.05) is 11.5 Å². The Labute approximate surface area is 263 Å². The molecular weight excluding hydrogens is 639 g/mol. The normalized spacial score (nSPS) is 13.6. The van der Waals surface area contributed by atoms with Crippen LogP contribution in [0.5, 0.6) is 0 Å². The molecule has 0 spiro atoms. The van der Waals surface area contributed by atoms with Crippen LogP contribution in [0, 0.1) is 0 Å². The molecule has 17 nitrogen and oxygen atoms in total. The number of carboxylic acid groups (broad SMARTS) is 2. The maximum Gasteiger partial charge on any atom is 0.443 e. The van der Waals surface area contributed by atoms with Crippen LogP contribution in [-0.2, 0) is 25.6 Å². The van der Waals surface area contributed by atoms with E-state index in [1.54, 1.807) is 0 Å². The molecule has 1 unspecified atom stereocenters. The van der Waals surface area contributed by atoms with E-state index in [1.807, 2.05) is 0 Å². The summed E-state index contributed by atoms with van der Waals surface area (Å²) in [5.74, 6) is -12.5. The van der Waals surface area contributed by atoms with E-state index in [1.165, 1.54) is 0 Å². The predicted octanol–water partition coefficient (Wildman–Crippen LogP) is -0.918.